The number of hydrogen-bond acceptors (Lipinski definition) is 4. The fourth-order valence-corrected chi connectivity index (χ4v) is 4.77. The van der Waals surface area contributed by atoms with Crippen LogP contribution in [0.2, 0.25) is 0 Å². The Morgan fingerprint density at radius 3 is 2.39 bits per heavy atom. The molecule has 1 fully saturated rings. The number of aryl methyl sites for hydroxylation is 1. The summed E-state index contributed by atoms with van der Waals surface area (Å²) >= 11 is 0. The second-order valence-corrected chi connectivity index (χ2v) is 9.80. The first kappa shape index (κ1) is 24.9. The number of hydrogen-bond donors (Lipinski definition) is 1. The van der Waals surface area contributed by atoms with Crippen molar-refractivity contribution < 1.29 is 13.2 Å². The maximum atomic E-state index is 12.9. The van der Waals surface area contributed by atoms with Crippen molar-refractivity contribution in [2.24, 2.45) is 11.7 Å². The molecule has 0 aromatic heterocycles. The number of carbonyl (C=O) groups is 1. The highest BCUT2D eigenvalue weighted by atomic mass is 35.5. The first-order valence-corrected chi connectivity index (χ1v) is 11.2. The van der Waals surface area contributed by atoms with Gasteiger partial charge in [-0.05, 0) is 49.8 Å². The second-order valence-electron chi connectivity index (χ2n) is 7.86. The third kappa shape index (κ3) is 5.92. The van der Waals surface area contributed by atoms with Gasteiger partial charge in [0.05, 0.1) is 4.90 Å². The van der Waals surface area contributed by atoms with Gasteiger partial charge < -0.3 is 10.6 Å². The summed E-state index contributed by atoms with van der Waals surface area (Å²) in [4.78, 5) is 14.7. The predicted octanol–water partition coefficient (Wildman–Crippen LogP) is 3.04. The van der Waals surface area contributed by atoms with E-state index in [1.54, 1.807) is 24.1 Å². The van der Waals surface area contributed by atoms with Crippen molar-refractivity contribution in [3.8, 4) is 0 Å². The fraction of sp³-hybridized carbons (Fsp3) is 0.650. The van der Waals surface area contributed by atoms with Crippen LogP contribution >= 0.6 is 12.4 Å². The van der Waals surface area contributed by atoms with E-state index in [1.807, 2.05) is 6.92 Å². The van der Waals surface area contributed by atoms with Crippen LogP contribution < -0.4 is 5.73 Å². The maximum absolute atomic E-state index is 12.9. The van der Waals surface area contributed by atoms with E-state index in [2.05, 4.69) is 13.8 Å². The molecule has 1 saturated heterocycles. The molecule has 28 heavy (non-hydrogen) atoms. The van der Waals surface area contributed by atoms with Crippen LogP contribution in [0.25, 0.3) is 0 Å². The van der Waals surface area contributed by atoms with Crippen molar-refractivity contribution in [2.75, 3.05) is 26.7 Å². The fourth-order valence-electron chi connectivity index (χ4n) is 3.23. The smallest absolute Gasteiger partial charge is 0.253 e. The summed E-state index contributed by atoms with van der Waals surface area (Å²) in [5.41, 5.74) is 7.29. The maximum Gasteiger partial charge on any atom is 0.253 e. The topological polar surface area (TPSA) is 83.7 Å². The zero-order valence-corrected chi connectivity index (χ0v) is 19.0. The SMILES string of the molecule is Cc1ccc(S(=O)(=O)N2CCCCC2)cc1C(=O)N(C)CCC(N)C(C)C.Cl. The van der Waals surface area contributed by atoms with Crippen molar-refractivity contribution >= 4 is 28.3 Å². The largest absolute Gasteiger partial charge is 0.342 e. The molecule has 0 saturated carbocycles. The van der Waals surface area contributed by atoms with Gasteiger partial charge in [0, 0.05) is 38.3 Å². The van der Waals surface area contributed by atoms with Crippen LogP contribution in [0.5, 0.6) is 0 Å². The number of benzene rings is 1. The van der Waals surface area contributed by atoms with Gasteiger partial charge in [-0.3, -0.25) is 4.79 Å². The number of piperidine rings is 1. The lowest BCUT2D eigenvalue weighted by Crippen LogP contribution is -2.36. The van der Waals surface area contributed by atoms with Gasteiger partial charge in [0.1, 0.15) is 0 Å². The molecule has 1 atom stereocenters. The summed E-state index contributed by atoms with van der Waals surface area (Å²) in [6.45, 7) is 7.59. The van der Waals surface area contributed by atoms with Crippen molar-refractivity contribution in [1.29, 1.82) is 0 Å². The standard InChI is InChI=1S/C20H33N3O3S.ClH/c1-15(2)19(21)10-13-22(4)20(24)18-14-17(9-8-16(18)3)27(25,26)23-11-6-5-7-12-23;/h8-9,14-15,19H,5-7,10-13,21H2,1-4H3;1H. The van der Waals surface area contributed by atoms with Gasteiger partial charge in [-0.2, -0.15) is 4.31 Å². The van der Waals surface area contributed by atoms with Gasteiger partial charge in [-0.15, -0.1) is 12.4 Å². The van der Waals surface area contributed by atoms with E-state index in [-0.39, 0.29) is 29.3 Å². The summed E-state index contributed by atoms with van der Waals surface area (Å²) < 4.78 is 27.4. The van der Waals surface area contributed by atoms with Crippen LogP contribution in [-0.4, -0.2) is 56.3 Å². The minimum atomic E-state index is -3.55. The molecule has 0 radical (unpaired) electrons. The Bertz CT molecular complexity index is 762. The first-order chi connectivity index (χ1) is 12.6. The quantitative estimate of drug-likeness (QED) is 0.719. The normalized spacial score (nSPS) is 16.5. The van der Waals surface area contributed by atoms with Gasteiger partial charge >= 0.3 is 0 Å². The molecule has 1 unspecified atom stereocenters. The van der Waals surface area contributed by atoms with E-state index in [0.717, 1.165) is 24.8 Å². The molecule has 8 heteroatoms. The van der Waals surface area contributed by atoms with Crippen molar-refractivity contribution in [1.82, 2.24) is 9.21 Å². The van der Waals surface area contributed by atoms with Crippen LogP contribution in [0.3, 0.4) is 0 Å². The van der Waals surface area contributed by atoms with Crippen molar-refractivity contribution in [3.05, 3.63) is 29.3 Å². The average molecular weight is 432 g/mol. The van der Waals surface area contributed by atoms with Crippen LogP contribution in [0.1, 0.15) is 55.5 Å². The van der Waals surface area contributed by atoms with Gasteiger partial charge in [0.25, 0.3) is 5.91 Å². The van der Waals surface area contributed by atoms with Crippen molar-refractivity contribution in [3.63, 3.8) is 0 Å². The van der Waals surface area contributed by atoms with Crippen molar-refractivity contribution in [2.45, 2.75) is 57.4 Å². The number of sulfonamides is 1. The van der Waals surface area contributed by atoms with Gasteiger partial charge in [0.2, 0.25) is 10.0 Å². The number of nitrogens with two attached hydrogens (primary N) is 1. The average Bonchev–Trinajstić information content (AvgIpc) is 2.66. The minimum absolute atomic E-state index is 0. The number of nitrogens with zero attached hydrogens (tertiary/aromatic N) is 2. The molecule has 0 spiro atoms. The molecule has 1 amide bonds. The van der Waals surface area contributed by atoms with Crippen LogP contribution in [0, 0.1) is 12.8 Å². The van der Waals surface area contributed by atoms with E-state index >= 15 is 0 Å². The molecule has 0 aliphatic carbocycles. The molecule has 1 aliphatic heterocycles. The Kier molecular flexibility index (Phi) is 9.40. The Morgan fingerprint density at radius 1 is 1.21 bits per heavy atom. The minimum Gasteiger partial charge on any atom is -0.342 e. The monoisotopic (exact) mass is 431 g/mol. The van der Waals surface area contributed by atoms with E-state index < -0.39 is 10.0 Å². The molecular weight excluding hydrogens is 398 g/mol. The molecule has 160 valence electrons. The lowest BCUT2D eigenvalue weighted by Gasteiger charge is -2.26. The molecule has 2 N–H and O–H groups in total. The summed E-state index contributed by atoms with van der Waals surface area (Å²) in [5, 5.41) is 0. The molecule has 1 aromatic carbocycles. The summed E-state index contributed by atoms with van der Waals surface area (Å²) in [6, 6.07) is 4.88. The number of halogens is 1. The third-order valence-electron chi connectivity index (χ3n) is 5.39. The number of carbonyl (C=O) groups excluding carboxylic acids is 1. The van der Waals surface area contributed by atoms with Gasteiger partial charge in [-0.1, -0.05) is 26.3 Å². The summed E-state index contributed by atoms with van der Waals surface area (Å²) in [5.74, 6) is 0.187. The van der Waals surface area contributed by atoms with E-state index in [4.69, 9.17) is 5.73 Å². The molecule has 2 rings (SSSR count). The lowest BCUT2D eigenvalue weighted by atomic mass is 10.0. The second kappa shape index (κ2) is 10.6. The molecule has 1 aromatic rings. The van der Waals surface area contributed by atoms with E-state index in [1.165, 1.54) is 10.4 Å². The third-order valence-corrected chi connectivity index (χ3v) is 7.29. The van der Waals surface area contributed by atoms with E-state index in [9.17, 15) is 13.2 Å². The van der Waals surface area contributed by atoms with Gasteiger partial charge in [-0.25, -0.2) is 8.42 Å². The molecular formula is C20H34ClN3O3S. The number of rotatable bonds is 7. The highest BCUT2D eigenvalue weighted by molar-refractivity contribution is 7.89. The highest BCUT2D eigenvalue weighted by Crippen LogP contribution is 2.23. The molecule has 1 aliphatic rings. The van der Waals surface area contributed by atoms with Crippen LogP contribution in [0.4, 0.5) is 0 Å². The Balaban J connectivity index is 0.00000392. The molecule has 1 heterocycles. The predicted molar refractivity (Wildman–Crippen MR) is 115 cm³/mol. The Hall–Kier alpha value is -1.15. The van der Waals surface area contributed by atoms with E-state index in [0.29, 0.717) is 37.5 Å². The van der Waals surface area contributed by atoms with Gasteiger partial charge in [0.15, 0.2) is 0 Å². The number of amides is 1. The molecule has 6 nitrogen and oxygen atoms in total. The van der Waals surface area contributed by atoms with Crippen LogP contribution in [-0.2, 0) is 10.0 Å². The highest BCUT2D eigenvalue weighted by Gasteiger charge is 2.27. The zero-order valence-electron chi connectivity index (χ0n) is 17.3. The summed E-state index contributed by atoms with van der Waals surface area (Å²) in [7, 11) is -1.82. The Morgan fingerprint density at radius 2 is 1.82 bits per heavy atom. The Labute approximate surface area is 175 Å². The summed E-state index contributed by atoms with van der Waals surface area (Å²) in [6.07, 6.45) is 3.54. The molecule has 0 bridgehead atoms. The van der Waals surface area contributed by atoms with Crippen LogP contribution in [0.15, 0.2) is 23.1 Å². The first-order valence-electron chi connectivity index (χ1n) is 9.76. The zero-order chi connectivity index (χ0) is 20.2. The lowest BCUT2D eigenvalue weighted by molar-refractivity contribution is 0.0788.